The molecule has 1 heterocycles. The maximum Gasteiger partial charge on any atom is 0.410 e. The smallest absolute Gasteiger partial charge is 0.410 e. The summed E-state index contributed by atoms with van der Waals surface area (Å²) in [5.74, 6) is 0.900. The minimum atomic E-state index is -0.592. The molecule has 0 aliphatic carbocycles. The van der Waals surface area contributed by atoms with Gasteiger partial charge in [-0.05, 0) is 69.5 Å². The lowest BCUT2D eigenvalue weighted by Gasteiger charge is -2.40. The fourth-order valence-corrected chi connectivity index (χ4v) is 4.45. The van der Waals surface area contributed by atoms with Crippen molar-refractivity contribution in [3.8, 4) is 11.5 Å². The Morgan fingerprint density at radius 2 is 1.79 bits per heavy atom. The van der Waals surface area contributed by atoms with Gasteiger partial charge in [0.25, 0.3) is 5.91 Å². The Morgan fingerprint density at radius 1 is 1.05 bits per heavy atom. The molecule has 208 valence electrons. The molecule has 0 aromatic heterocycles. The van der Waals surface area contributed by atoms with Crippen molar-refractivity contribution in [3.05, 3.63) is 58.6 Å². The number of nitrogens with zero attached hydrogens (tertiary/aromatic N) is 2. The molecule has 8 nitrogen and oxygen atoms in total. The van der Waals surface area contributed by atoms with Gasteiger partial charge in [-0.15, -0.1) is 0 Å². The first-order valence-corrected chi connectivity index (χ1v) is 13.3. The van der Waals surface area contributed by atoms with E-state index in [0.29, 0.717) is 61.4 Å². The van der Waals surface area contributed by atoms with E-state index in [1.54, 1.807) is 37.3 Å². The van der Waals surface area contributed by atoms with Crippen molar-refractivity contribution in [2.24, 2.45) is 0 Å². The first kappa shape index (κ1) is 29.6. The lowest BCUT2D eigenvalue weighted by Crippen LogP contribution is -2.52. The molecule has 2 aromatic carbocycles. The summed E-state index contributed by atoms with van der Waals surface area (Å²) >= 11 is 6.10. The molecule has 2 aromatic rings. The maximum absolute atomic E-state index is 14.0. The van der Waals surface area contributed by atoms with Crippen LogP contribution < -0.4 is 9.47 Å². The van der Waals surface area contributed by atoms with E-state index >= 15 is 0 Å². The van der Waals surface area contributed by atoms with Crippen molar-refractivity contribution in [2.45, 2.75) is 58.2 Å². The van der Waals surface area contributed by atoms with E-state index in [0.717, 1.165) is 18.4 Å². The maximum atomic E-state index is 14.0. The number of hydrogen-bond donors (Lipinski definition) is 0. The molecule has 0 N–H and O–H groups in total. The van der Waals surface area contributed by atoms with Gasteiger partial charge >= 0.3 is 6.09 Å². The lowest BCUT2D eigenvalue weighted by molar-refractivity contribution is 0.00963. The number of likely N-dealkylation sites (tertiary alicyclic amines) is 1. The van der Waals surface area contributed by atoms with Crippen molar-refractivity contribution in [1.82, 2.24) is 9.80 Å². The third kappa shape index (κ3) is 8.53. The van der Waals surface area contributed by atoms with Gasteiger partial charge in [0.1, 0.15) is 5.60 Å². The number of carbonyl (C=O) groups excluding carboxylic acids is 2. The molecular formula is C29H39ClN2O6. The number of halogens is 1. The Labute approximate surface area is 230 Å². The van der Waals surface area contributed by atoms with Gasteiger partial charge in [0.15, 0.2) is 11.5 Å². The van der Waals surface area contributed by atoms with E-state index in [2.05, 4.69) is 0 Å². The van der Waals surface area contributed by atoms with Crippen LogP contribution in [0.4, 0.5) is 4.79 Å². The molecule has 1 aliphatic heterocycles. The standard InChI is InChI=1S/C29H39ClN2O6/c1-29(2,3)38-28(34)31-15-6-8-24(20-31)32(19-21-9-12-23(30)13-10-21)27(33)22-11-14-25(36-5)26(18-22)37-17-7-16-35-4/h9-14,18,24H,6-8,15-17,19-20H2,1-5H3/t24-/m1/s1. The minimum Gasteiger partial charge on any atom is -0.493 e. The van der Waals surface area contributed by atoms with E-state index in [4.69, 9.17) is 30.5 Å². The third-order valence-electron chi connectivity index (χ3n) is 6.18. The van der Waals surface area contributed by atoms with Gasteiger partial charge in [-0.1, -0.05) is 23.7 Å². The van der Waals surface area contributed by atoms with Crippen LogP contribution in [0.3, 0.4) is 0 Å². The zero-order valence-corrected chi connectivity index (χ0v) is 23.8. The monoisotopic (exact) mass is 546 g/mol. The van der Waals surface area contributed by atoms with Gasteiger partial charge in [-0.3, -0.25) is 4.79 Å². The molecule has 3 rings (SSSR count). The molecule has 1 fully saturated rings. The molecule has 1 aliphatic rings. The van der Waals surface area contributed by atoms with E-state index in [1.807, 2.05) is 49.9 Å². The summed E-state index contributed by atoms with van der Waals surface area (Å²) in [6.45, 7) is 7.92. The number of carbonyl (C=O) groups is 2. The zero-order valence-electron chi connectivity index (χ0n) is 23.0. The second-order valence-electron chi connectivity index (χ2n) is 10.3. The van der Waals surface area contributed by atoms with Crippen molar-refractivity contribution in [2.75, 3.05) is 40.5 Å². The van der Waals surface area contributed by atoms with Crippen LogP contribution >= 0.6 is 11.6 Å². The topological polar surface area (TPSA) is 77.5 Å². The van der Waals surface area contributed by atoms with Crippen molar-refractivity contribution in [3.63, 3.8) is 0 Å². The van der Waals surface area contributed by atoms with Crippen LogP contribution in [0.25, 0.3) is 0 Å². The first-order chi connectivity index (χ1) is 18.1. The van der Waals surface area contributed by atoms with Crippen LogP contribution in [0.5, 0.6) is 11.5 Å². The van der Waals surface area contributed by atoms with Crippen molar-refractivity contribution >= 4 is 23.6 Å². The summed E-state index contributed by atoms with van der Waals surface area (Å²) in [5.41, 5.74) is 0.837. The summed E-state index contributed by atoms with van der Waals surface area (Å²) in [6.07, 6.45) is 1.89. The lowest BCUT2D eigenvalue weighted by atomic mass is 10.0. The molecule has 0 saturated carbocycles. The normalized spacial score (nSPS) is 15.6. The van der Waals surface area contributed by atoms with Gasteiger partial charge in [-0.25, -0.2) is 4.79 Å². The van der Waals surface area contributed by atoms with Gasteiger partial charge in [-0.2, -0.15) is 0 Å². The van der Waals surface area contributed by atoms with Crippen molar-refractivity contribution in [1.29, 1.82) is 0 Å². The van der Waals surface area contributed by atoms with Crippen molar-refractivity contribution < 1.29 is 28.5 Å². The number of methoxy groups -OCH3 is 2. The quantitative estimate of drug-likeness (QED) is 0.350. The highest BCUT2D eigenvalue weighted by Crippen LogP contribution is 2.30. The van der Waals surface area contributed by atoms with Gasteiger partial charge in [0.05, 0.1) is 19.8 Å². The number of ether oxygens (including phenoxy) is 4. The Bertz CT molecular complexity index is 1070. The number of rotatable bonds is 10. The third-order valence-corrected chi connectivity index (χ3v) is 6.43. The average Bonchev–Trinajstić information content (AvgIpc) is 2.89. The second kappa shape index (κ2) is 13.7. The Hall–Kier alpha value is -2.97. The molecule has 9 heteroatoms. The van der Waals surface area contributed by atoms with Gasteiger partial charge < -0.3 is 28.7 Å². The Morgan fingerprint density at radius 3 is 2.45 bits per heavy atom. The van der Waals surface area contributed by atoms with Crippen LogP contribution in [0.15, 0.2) is 42.5 Å². The molecule has 0 spiro atoms. The summed E-state index contributed by atoms with van der Waals surface area (Å²) in [6, 6.07) is 12.5. The number of benzene rings is 2. The highest BCUT2D eigenvalue weighted by molar-refractivity contribution is 6.30. The second-order valence-corrected chi connectivity index (χ2v) is 10.8. The van der Waals surface area contributed by atoms with Gasteiger partial charge in [0.2, 0.25) is 0 Å². The number of amides is 2. The minimum absolute atomic E-state index is 0.152. The molecular weight excluding hydrogens is 508 g/mol. The Balaban J connectivity index is 1.87. The summed E-state index contributed by atoms with van der Waals surface area (Å²) in [7, 11) is 3.21. The largest absolute Gasteiger partial charge is 0.493 e. The Kier molecular flexibility index (Phi) is 10.7. The summed E-state index contributed by atoms with van der Waals surface area (Å²) in [5, 5.41) is 0.630. The van der Waals surface area contributed by atoms with E-state index in [1.165, 1.54) is 0 Å². The molecule has 2 amide bonds. The highest BCUT2D eigenvalue weighted by Gasteiger charge is 2.33. The molecule has 0 radical (unpaired) electrons. The fraction of sp³-hybridized carbons (Fsp3) is 0.517. The number of hydrogen-bond acceptors (Lipinski definition) is 6. The molecule has 38 heavy (non-hydrogen) atoms. The SMILES string of the molecule is COCCCOc1cc(C(=O)N(Cc2ccc(Cl)cc2)[C@@H]2CCCN(C(=O)OC(C)(C)C)C2)ccc1OC. The predicted octanol–water partition coefficient (Wildman–Crippen LogP) is 5.81. The predicted molar refractivity (Wildman–Crippen MR) is 147 cm³/mol. The van der Waals surface area contributed by atoms with Crippen LogP contribution in [0.1, 0.15) is 56.0 Å². The molecule has 0 bridgehead atoms. The van der Waals surface area contributed by atoms with Crippen LogP contribution in [0.2, 0.25) is 5.02 Å². The van der Waals surface area contributed by atoms with Gasteiger partial charge in [0, 0.05) is 50.4 Å². The first-order valence-electron chi connectivity index (χ1n) is 12.9. The average molecular weight is 547 g/mol. The molecule has 1 atom stereocenters. The molecule has 1 saturated heterocycles. The summed E-state index contributed by atoms with van der Waals surface area (Å²) in [4.78, 5) is 30.3. The van der Waals surface area contributed by atoms with E-state index < -0.39 is 5.60 Å². The van der Waals surface area contributed by atoms with Crippen LogP contribution in [-0.4, -0.2) is 74.0 Å². The fourth-order valence-electron chi connectivity index (χ4n) is 4.33. The summed E-state index contributed by atoms with van der Waals surface area (Å²) < 4.78 is 22.1. The van der Waals surface area contributed by atoms with E-state index in [9.17, 15) is 9.59 Å². The molecule has 0 unspecified atom stereocenters. The highest BCUT2D eigenvalue weighted by atomic mass is 35.5. The van der Waals surface area contributed by atoms with Crippen LogP contribution in [-0.2, 0) is 16.0 Å². The van der Waals surface area contributed by atoms with E-state index in [-0.39, 0.29) is 18.0 Å². The van der Waals surface area contributed by atoms with Crippen LogP contribution in [0, 0.1) is 0 Å². The number of piperidine rings is 1. The zero-order chi connectivity index (χ0) is 27.7.